The lowest BCUT2D eigenvalue weighted by atomic mass is 9.74. The molecular formula is C27H31N3O2. The molecule has 0 atom stereocenters. The normalized spacial score (nSPS) is 17.5. The Morgan fingerprint density at radius 3 is 2.56 bits per heavy atom. The zero-order chi connectivity index (χ0) is 22.1. The van der Waals surface area contributed by atoms with Gasteiger partial charge >= 0.3 is 6.03 Å². The number of hydrogen-bond donors (Lipinski definition) is 1. The highest BCUT2D eigenvalue weighted by molar-refractivity contribution is 5.95. The molecule has 5 heteroatoms. The van der Waals surface area contributed by atoms with Gasteiger partial charge in [-0.25, -0.2) is 4.79 Å². The van der Waals surface area contributed by atoms with Gasteiger partial charge in [0.05, 0.1) is 7.11 Å². The fourth-order valence-corrected chi connectivity index (χ4v) is 5.37. The average molecular weight is 430 g/mol. The van der Waals surface area contributed by atoms with E-state index in [0.29, 0.717) is 6.54 Å². The zero-order valence-corrected chi connectivity index (χ0v) is 18.9. The van der Waals surface area contributed by atoms with Gasteiger partial charge in [-0.05, 0) is 79.0 Å². The lowest BCUT2D eigenvalue weighted by Gasteiger charge is -2.40. The van der Waals surface area contributed by atoms with Crippen LogP contribution in [0.5, 0.6) is 5.75 Å². The van der Waals surface area contributed by atoms with Crippen molar-refractivity contribution in [1.29, 1.82) is 0 Å². The Morgan fingerprint density at radius 1 is 1.03 bits per heavy atom. The quantitative estimate of drug-likeness (QED) is 0.639. The van der Waals surface area contributed by atoms with Crippen molar-refractivity contribution in [2.24, 2.45) is 0 Å². The lowest BCUT2D eigenvalue weighted by Crippen LogP contribution is -2.47. The van der Waals surface area contributed by atoms with Crippen LogP contribution in [-0.2, 0) is 12.0 Å². The van der Waals surface area contributed by atoms with Crippen LogP contribution in [0.25, 0.3) is 10.8 Å². The second-order valence-corrected chi connectivity index (χ2v) is 9.04. The van der Waals surface area contributed by atoms with Crippen LogP contribution >= 0.6 is 0 Å². The van der Waals surface area contributed by atoms with E-state index in [2.05, 4.69) is 58.7 Å². The summed E-state index contributed by atoms with van der Waals surface area (Å²) in [6.45, 7) is 6.34. The van der Waals surface area contributed by atoms with Crippen LogP contribution in [0.2, 0.25) is 0 Å². The maximum absolute atomic E-state index is 12.8. The standard InChI is InChI=1S/C27H31N3O2/c1-3-28-26(31)30-19-27(24-17-23(32-2)10-11-25(24)30)12-14-29(15-13-27)18-20-8-9-21-6-4-5-7-22(21)16-20/h4-11,16-17H,3,12-15,18-19H2,1-2H3,(H,28,31). The summed E-state index contributed by atoms with van der Waals surface area (Å²) in [5.41, 5.74) is 3.64. The van der Waals surface area contributed by atoms with Crippen LogP contribution < -0.4 is 15.0 Å². The third-order valence-electron chi connectivity index (χ3n) is 7.13. The van der Waals surface area contributed by atoms with E-state index < -0.39 is 0 Å². The molecule has 1 N–H and O–H groups in total. The Labute approximate surface area is 190 Å². The molecule has 2 aliphatic rings. The fourth-order valence-electron chi connectivity index (χ4n) is 5.37. The van der Waals surface area contributed by atoms with E-state index in [4.69, 9.17) is 4.74 Å². The van der Waals surface area contributed by atoms with Gasteiger partial charge in [0.25, 0.3) is 0 Å². The van der Waals surface area contributed by atoms with Gasteiger partial charge in [-0.3, -0.25) is 9.80 Å². The molecule has 5 nitrogen and oxygen atoms in total. The number of nitrogens with one attached hydrogen (secondary N) is 1. The van der Waals surface area contributed by atoms with Crippen molar-refractivity contribution in [3.63, 3.8) is 0 Å². The first-order valence-electron chi connectivity index (χ1n) is 11.6. The predicted octanol–water partition coefficient (Wildman–Crippen LogP) is 4.93. The first-order valence-corrected chi connectivity index (χ1v) is 11.6. The smallest absolute Gasteiger partial charge is 0.321 e. The summed E-state index contributed by atoms with van der Waals surface area (Å²) in [6.07, 6.45) is 2.08. The molecule has 1 spiro atoms. The number of hydrogen-bond acceptors (Lipinski definition) is 3. The summed E-state index contributed by atoms with van der Waals surface area (Å²) >= 11 is 0. The largest absolute Gasteiger partial charge is 0.497 e. The molecule has 166 valence electrons. The number of anilines is 1. The van der Waals surface area contributed by atoms with E-state index in [1.807, 2.05) is 24.0 Å². The summed E-state index contributed by atoms with van der Waals surface area (Å²) in [5, 5.41) is 5.57. The zero-order valence-electron chi connectivity index (χ0n) is 18.9. The first kappa shape index (κ1) is 20.8. The van der Waals surface area contributed by atoms with Crippen LogP contribution in [0, 0.1) is 0 Å². The molecule has 1 fully saturated rings. The number of urea groups is 1. The topological polar surface area (TPSA) is 44.8 Å². The van der Waals surface area contributed by atoms with E-state index in [9.17, 15) is 4.79 Å². The lowest BCUT2D eigenvalue weighted by molar-refractivity contribution is 0.159. The molecular weight excluding hydrogens is 398 g/mol. The minimum atomic E-state index is -0.00520. The molecule has 2 heterocycles. The number of piperidine rings is 1. The van der Waals surface area contributed by atoms with Crippen molar-refractivity contribution in [3.8, 4) is 5.75 Å². The molecule has 3 aromatic rings. The van der Waals surface area contributed by atoms with Gasteiger partial charge in [0.15, 0.2) is 0 Å². The highest BCUT2D eigenvalue weighted by Gasteiger charge is 2.46. The van der Waals surface area contributed by atoms with Crippen LogP contribution in [0.4, 0.5) is 10.5 Å². The molecule has 0 bridgehead atoms. The second kappa shape index (κ2) is 8.47. The number of likely N-dealkylation sites (tertiary alicyclic amines) is 1. The number of carbonyl (C=O) groups is 1. The van der Waals surface area contributed by atoms with Crippen molar-refractivity contribution in [2.75, 3.05) is 38.2 Å². The Kier molecular flexibility index (Phi) is 5.51. The molecule has 1 saturated heterocycles. The number of fused-ring (bicyclic) bond motifs is 3. The van der Waals surface area contributed by atoms with Gasteiger partial charge in [0.1, 0.15) is 5.75 Å². The predicted molar refractivity (Wildman–Crippen MR) is 130 cm³/mol. The number of benzene rings is 3. The molecule has 0 radical (unpaired) electrons. The third-order valence-corrected chi connectivity index (χ3v) is 7.13. The fraction of sp³-hybridized carbons (Fsp3) is 0.370. The van der Waals surface area contributed by atoms with Crippen molar-refractivity contribution in [3.05, 3.63) is 71.8 Å². The van der Waals surface area contributed by atoms with Gasteiger partial charge in [-0.15, -0.1) is 0 Å². The highest BCUT2D eigenvalue weighted by Crippen LogP contribution is 2.48. The van der Waals surface area contributed by atoms with Crippen LogP contribution in [0.15, 0.2) is 60.7 Å². The molecule has 0 aliphatic carbocycles. The Bertz CT molecular complexity index is 1130. The van der Waals surface area contributed by atoms with Gasteiger partial charge in [-0.2, -0.15) is 0 Å². The summed E-state index contributed by atoms with van der Waals surface area (Å²) in [6, 6.07) is 21.5. The minimum absolute atomic E-state index is 0.00512. The number of amides is 2. The molecule has 2 aliphatic heterocycles. The minimum Gasteiger partial charge on any atom is -0.497 e. The van der Waals surface area contributed by atoms with E-state index in [-0.39, 0.29) is 11.4 Å². The monoisotopic (exact) mass is 429 g/mol. The molecule has 0 unspecified atom stereocenters. The van der Waals surface area contributed by atoms with Crippen molar-refractivity contribution >= 4 is 22.5 Å². The van der Waals surface area contributed by atoms with Crippen molar-refractivity contribution in [2.45, 2.75) is 31.7 Å². The van der Waals surface area contributed by atoms with E-state index >= 15 is 0 Å². The Balaban J connectivity index is 1.35. The number of nitrogens with zero attached hydrogens (tertiary/aromatic N) is 2. The molecule has 32 heavy (non-hydrogen) atoms. The highest BCUT2D eigenvalue weighted by atomic mass is 16.5. The van der Waals surface area contributed by atoms with E-state index in [0.717, 1.165) is 50.5 Å². The Morgan fingerprint density at radius 2 is 1.81 bits per heavy atom. The van der Waals surface area contributed by atoms with Crippen LogP contribution in [-0.4, -0.2) is 44.2 Å². The van der Waals surface area contributed by atoms with E-state index in [1.165, 1.54) is 21.9 Å². The molecule has 3 aromatic carbocycles. The number of rotatable bonds is 4. The van der Waals surface area contributed by atoms with Gasteiger partial charge in [-0.1, -0.05) is 36.4 Å². The average Bonchev–Trinajstić information content (AvgIpc) is 3.14. The van der Waals surface area contributed by atoms with Gasteiger partial charge in [0.2, 0.25) is 0 Å². The molecule has 0 saturated carbocycles. The van der Waals surface area contributed by atoms with Gasteiger partial charge in [0, 0.05) is 30.7 Å². The summed E-state index contributed by atoms with van der Waals surface area (Å²) < 4.78 is 5.52. The number of ether oxygens (including phenoxy) is 1. The SMILES string of the molecule is CCNC(=O)N1CC2(CCN(Cc3ccc4ccccc4c3)CC2)c2cc(OC)ccc21. The van der Waals surface area contributed by atoms with Crippen LogP contribution in [0.1, 0.15) is 30.9 Å². The first-order chi connectivity index (χ1) is 15.6. The van der Waals surface area contributed by atoms with Gasteiger partial charge < -0.3 is 10.1 Å². The second-order valence-electron chi connectivity index (χ2n) is 9.04. The maximum atomic E-state index is 12.8. The number of carbonyl (C=O) groups excluding carboxylic acids is 1. The van der Waals surface area contributed by atoms with Crippen molar-refractivity contribution < 1.29 is 9.53 Å². The molecule has 2 amide bonds. The molecule has 5 rings (SSSR count). The summed E-state index contributed by atoms with van der Waals surface area (Å²) in [4.78, 5) is 17.2. The number of methoxy groups -OCH3 is 1. The summed E-state index contributed by atoms with van der Waals surface area (Å²) in [7, 11) is 1.71. The third kappa shape index (κ3) is 3.71. The maximum Gasteiger partial charge on any atom is 0.321 e. The summed E-state index contributed by atoms with van der Waals surface area (Å²) in [5.74, 6) is 0.861. The van der Waals surface area contributed by atoms with Crippen LogP contribution in [0.3, 0.4) is 0 Å². The van der Waals surface area contributed by atoms with E-state index in [1.54, 1.807) is 7.11 Å². The molecule has 0 aromatic heterocycles. The Hall–Kier alpha value is -3.05. The van der Waals surface area contributed by atoms with Crippen molar-refractivity contribution in [1.82, 2.24) is 10.2 Å².